The highest BCUT2D eigenvalue weighted by Gasteiger charge is 2.30. The van der Waals surface area contributed by atoms with E-state index in [0.29, 0.717) is 11.8 Å². The molecule has 0 fully saturated rings. The first kappa shape index (κ1) is 45.6. The van der Waals surface area contributed by atoms with Gasteiger partial charge in [0.1, 0.15) is 11.2 Å². The SMILES string of the molecule is Cc1ccc2c(oc3c(C)cccc32)c1N(c1cccc(C(C)C)c1)c1cc(C(C)C)c2ccc3c(N(c4cccc(C(C)C)c4)c4c(C)ccc5c4oc4c(C)cccc45)cc(C(C)C)c4ccc1c2c43. The molecule has 0 aliphatic rings. The number of hydrogen-bond donors (Lipinski definition) is 0. The predicted molar refractivity (Wildman–Crippen MR) is 309 cm³/mol. The number of aryl methyl sites for hydroxylation is 4. The van der Waals surface area contributed by atoms with E-state index in [2.05, 4.69) is 238 Å². The number of furan rings is 2. The first-order valence-electron chi connectivity index (χ1n) is 26.1. The average Bonchev–Trinajstić information content (AvgIpc) is 3.95. The Morgan fingerprint density at radius 3 is 1.07 bits per heavy atom. The molecular formula is C68H64N2O2. The van der Waals surface area contributed by atoms with E-state index in [4.69, 9.17) is 8.83 Å². The van der Waals surface area contributed by atoms with Crippen molar-refractivity contribution >= 4 is 110 Å². The molecule has 10 aromatic carbocycles. The third-order valence-electron chi connectivity index (χ3n) is 15.8. The van der Waals surface area contributed by atoms with Crippen molar-refractivity contribution in [2.24, 2.45) is 0 Å². The molecule has 0 spiro atoms. The molecule has 0 bridgehead atoms. The van der Waals surface area contributed by atoms with Crippen LogP contribution in [0.1, 0.15) is 124 Å². The van der Waals surface area contributed by atoms with Gasteiger partial charge in [0.15, 0.2) is 11.2 Å². The molecule has 0 N–H and O–H groups in total. The monoisotopic (exact) mass is 940 g/mol. The van der Waals surface area contributed by atoms with Crippen molar-refractivity contribution < 1.29 is 8.83 Å². The van der Waals surface area contributed by atoms with E-state index in [9.17, 15) is 0 Å². The van der Waals surface area contributed by atoms with Crippen molar-refractivity contribution in [2.75, 3.05) is 9.80 Å². The van der Waals surface area contributed by atoms with Crippen molar-refractivity contribution in [3.63, 3.8) is 0 Å². The summed E-state index contributed by atoms with van der Waals surface area (Å²) < 4.78 is 14.2. The van der Waals surface area contributed by atoms with Gasteiger partial charge < -0.3 is 18.6 Å². The predicted octanol–water partition coefficient (Wildman–Crippen LogP) is 21.0. The molecule has 72 heavy (non-hydrogen) atoms. The topological polar surface area (TPSA) is 32.8 Å². The Morgan fingerprint density at radius 1 is 0.319 bits per heavy atom. The Kier molecular flexibility index (Phi) is 10.8. The zero-order valence-corrected chi connectivity index (χ0v) is 43.9. The van der Waals surface area contributed by atoms with E-state index >= 15 is 0 Å². The number of anilines is 6. The molecule has 0 radical (unpaired) electrons. The molecule has 12 aromatic rings. The second kappa shape index (κ2) is 17.1. The van der Waals surface area contributed by atoms with Crippen molar-refractivity contribution in [2.45, 2.75) is 107 Å². The summed E-state index contributed by atoms with van der Waals surface area (Å²) in [5.41, 5.74) is 20.1. The zero-order valence-electron chi connectivity index (χ0n) is 43.9. The number of fused-ring (bicyclic) bond motifs is 6. The minimum absolute atomic E-state index is 0.235. The lowest BCUT2D eigenvalue weighted by Crippen LogP contribution is -2.15. The van der Waals surface area contributed by atoms with Gasteiger partial charge in [-0.05, 0) is 154 Å². The van der Waals surface area contributed by atoms with Crippen molar-refractivity contribution in [1.29, 1.82) is 0 Å². The Bertz CT molecular complexity index is 3850. The van der Waals surface area contributed by atoms with Gasteiger partial charge in [-0.15, -0.1) is 0 Å². The summed E-state index contributed by atoms with van der Waals surface area (Å²) in [6, 6.07) is 55.0. The van der Waals surface area contributed by atoms with Crippen LogP contribution in [0.4, 0.5) is 34.1 Å². The van der Waals surface area contributed by atoms with Crippen molar-refractivity contribution in [1.82, 2.24) is 0 Å². The van der Waals surface area contributed by atoms with E-state index in [1.807, 2.05) is 0 Å². The van der Waals surface area contributed by atoms with Crippen LogP contribution in [0.2, 0.25) is 0 Å². The highest BCUT2D eigenvalue weighted by Crippen LogP contribution is 2.54. The summed E-state index contributed by atoms with van der Waals surface area (Å²) in [5, 5.41) is 12.1. The van der Waals surface area contributed by atoms with E-state index in [0.717, 1.165) is 100 Å². The minimum atomic E-state index is 0.235. The van der Waals surface area contributed by atoms with Gasteiger partial charge in [-0.2, -0.15) is 0 Å². The summed E-state index contributed by atoms with van der Waals surface area (Å²) in [6.07, 6.45) is 0. The number of para-hydroxylation sites is 2. The molecule has 358 valence electrons. The van der Waals surface area contributed by atoms with Gasteiger partial charge in [0.25, 0.3) is 0 Å². The maximum Gasteiger partial charge on any atom is 0.159 e. The van der Waals surface area contributed by atoms with Crippen molar-refractivity contribution in [3.05, 3.63) is 190 Å². The van der Waals surface area contributed by atoms with Crippen LogP contribution in [0.3, 0.4) is 0 Å². The number of benzene rings is 10. The van der Waals surface area contributed by atoms with Gasteiger partial charge in [0.05, 0.1) is 22.7 Å². The summed E-state index contributed by atoms with van der Waals surface area (Å²) in [7, 11) is 0. The van der Waals surface area contributed by atoms with E-state index in [1.54, 1.807) is 0 Å². The van der Waals surface area contributed by atoms with Crippen LogP contribution in [0.15, 0.2) is 154 Å². The van der Waals surface area contributed by atoms with E-state index < -0.39 is 0 Å². The maximum atomic E-state index is 7.10. The van der Waals surface area contributed by atoms with Crippen LogP contribution in [-0.4, -0.2) is 0 Å². The van der Waals surface area contributed by atoms with Gasteiger partial charge in [0, 0.05) is 43.7 Å². The molecule has 2 heterocycles. The molecule has 0 atom stereocenters. The second-order valence-corrected chi connectivity index (χ2v) is 21.8. The van der Waals surface area contributed by atoms with E-state index in [1.165, 1.54) is 54.6 Å². The normalized spacial score (nSPS) is 12.4. The molecular weight excluding hydrogens is 877 g/mol. The van der Waals surface area contributed by atoms with Gasteiger partial charge in [-0.3, -0.25) is 0 Å². The molecule has 12 rings (SSSR count). The highest BCUT2D eigenvalue weighted by atomic mass is 16.3. The second-order valence-electron chi connectivity index (χ2n) is 21.8. The standard InChI is InChI=1S/C68H64N2O2/c1-37(2)45-19-15-21-47(33-45)69(63-41(9)25-27-53-51-23-13-17-43(11)65(51)71-67(53)63)59-35-57(39(5)6)49-30-32-56-60(36-58(40(7)8)50-29-31-55(59)61(49)62(50)56)70(48-22-16-20-46(34-48)38(3)4)64-42(10)26-28-54-52-24-14-18-44(12)66(52)72-68(54)64/h13-40H,1-12H3. The minimum Gasteiger partial charge on any atom is -0.454 e. The highest BCUT2D eigenvalue weighted by molar-refractivity contribution is 6.30. The largest absolute Gasteiger partial charge is 0.454 e. The van der Waals surface area contributed by atoms with Crippen LogP contribution in [0.25, 0.3) is 76.2 Å². The molecule has 0 saturated carbocycles. The number of rotatable bonds is 10. The summed E-state index contributed by atoms with van der Waals surface area (Å²) in [6.45, 7) is 27.3. The van der Waals surface area contributed by atoms with Crippen molar-refractivity contribution in [3.8, 4) is 0 Å². The molecule has 0 unspecified atom stereocenters. The molecule has 0 amide bonds. The fraction of sp³-hybridized carbons (Fsp3) is 0.235. The average molecular weight is 941 g/mol. The summed E-state index contributed by atoms with van der Waals surface area (Å²) in [5.74, 6) is 1.17. The summed E-state index contributed by atoms with van der Waals surface area (Å²) >= 11 is 0. The van der Waals surface area contributed by atoms with Gasteiger partial charge >= 0.3 is 0 Å². The third-order valence-corrected chi connectivity index (χ3v) is 15.8. The first-order valence-corrected chi connectivity index (χ1v) is 26.1. The third kappa shape index (κ3) is 6.93. The Labute approximate surface area is 423 Å². The van der Waals surface area contributed by atoms with Crippen LogP contribution in [0, 0.1) is 27.7 Å². The molecule has 0 aliphatic heterocycles. The zero-order chi connectivity index (χ0) is 50.0. The Balaban J connectivity index is 1.23. The van der Waals surface area contributed by atoms with Crippen LogP contribution in [0.5, 0.6) is 0 Å². The number of hydrogen-bond acceptors (Lipinski definition) is 4. The lowest BCUT2D eigenvalue weighted by Gasteiger charge is -2.32. The quantitative estimate of drug-likeness (QED) is 0.128. The molecule has 0 aliphatic carbocycles. The molecule has 4 heteroatoms. The fourth-order valence-corrected chi connectivity index (χ4v) is 11.9. The van der Waals surface area contributed by atoms with Gasteiger partial charge in [0.2, 0.25) is 0 Å². The summed E-state index contributed by atoms with van der Waals surface area (Å²) in [4.78, 5) is 5.06. The Morgan fingerprint density at radius 2 is 0.681 bits per heavy atom. The van der Waals surface area contributed by atoms with Crippen LogP contribution in [-0.2, 0) is 0 Å². The molecule has 4 nitrogen and oxygen atoms in total. The molecule has 0 saturated heterocycles. The lowest BCUT2D eigenvalue weighted by atomic mass is 9.84. The first-order chi connectivity index (χ1) is 34.7. The van der Waals surface area contributed by atoms with Gasteiger partial charge in [-0.1, -0.05) is 165 Å². The maximum absolute atomic E-state index is 7.10. The molecule has 2 aromatic heterocycles. The van der Waals surface area contributed by atoms with Crippen LogP contribution >= 0.6 is 0 Å². The smallest absolute Gasteiger partial charge is 0.159 e. The number of nitrogens with zero attached hydrogens (tertiary/aromatic N) is 2. The van der Waals surface area contributed by atoms with Crippen LogP contribution < -0.4 is 9.80 Å². The van der Waals surface area contributed by atoms with Gasteiger partial charge in [-0.25, -0.2) is 0 Å². The lowest BCUT2D eigenvalue weighted by molar-refractivity contribution is 0.665. The van der Waals surface area contributed by atoms with E-state index in [-0.39, 0.29) is 11.8 Å². The Hall–Kier alpha value is -7.56. The fourth-order valence-electron chi connectivity index (χ4n) is 11.9.